The van der Waals surface area contributed by atoms with E-state index in [9.17, 15) is 31.4 Å². The topological polar surface area (TPSA) is 69.4 Å². The average molecular weight is 425 g/mol. The number of alkyl halides is 6. The highest BCUT2D eigenvalue weighted by Gasteiger charge is 2.55. The van der Waals surface area contributed by atoms with E-state index in [4.69, 9.17) is 9.47 Å². The highest BCUT2D eigenvalue weighted by Crippen LogP contribution is 2.48. The molecule has 0 unspecified atom stereocenters. The van der Waals surface area contributed by atoms with E-state index < -0.39 is 64.7 Å². The quantitative estimate of drug-likeness (QED) is 0.746. The molecule has 6 nitrogen and oxygen atoms in total. The zero-order valence-corrected chi connectivity index (χ0v) is 15.3. The van der Waals surface area contributed by atoms with Crippen molar-refractivity contribution in [2.24, 2.45) is 5.92 Å². The van der Waals surface area contributed by atoms with Gasteiger partial charge >= 0.3 is 12.4 Å². The molecule has 0 bridgehead atoms. The maximum atomic E-state index is 13.4. The van der Waals surface area contributed by atoms with Crippen LogP contribution in [-0.4, -0.2) is 44.2 Å². The fourth-order valence-electron chi connectivity index (χ4n) is 4.12. The minimum atomic E-state index is -5.07. The molecule has 4 rings (SSSR count). The van der Waals surface area contributed by atoms with E-state index >= 15 is 0 Å². The summed E-state index contributed by atoms with van der Waals surface area (Å²) >= 11 is 0. The summed E-state index contributed by atoms with van der Waals surface area (Å²) < 4.78 is 92.5. The third-order valence-electron chi connectivity index (χ3n) is 5.27. The molecule has 3 heterocycles. The maximum absolute atomic E-state index is 13.4. The van der Waals surface area contributed by atoms with Crippen molar-refractivity contribution in [3.05, 3.63) is 23.7 Å². The van der Waals surface area contributed by atoms with Crippen molar-refractivity contribution in [3.8, 4) is 0 Å². The van der Waals surface area contributed by atoms with E-state index in [1.54, 1.807) is 13.8 Å². The van der Waals surface area contributed by atoms with Crippen LogP contribution in [0.2, 0.25) is 0 Å². The molecule has 4 atom stereocenters. The largest absolute Gasteiger partial charge is 0.433 e. The number of rotatable bonds is 2. The van der Waals surface area contributed by atoms with Crippen molar-refractivity contribution < 1.29 is 40.9 Å². The minimum Gasteiger partial charge on any atom is -0.396 e. The number of pyridine rings is 1. The smallest absolute Gasteiger partial charge is 0.396 e. The van der Waals surface area contributed by atoms with Gasteiger partial charge in [0.25, 0.3) is 0 Å². The molecular formula is C17H17F6N3O3. The Hall–Kier alpha value is -1.92. The van der Waals surface area contributed by atoms with E-state index in [1.807, 2.05) is 0 Å². The molecular weight excluding hydrogens is 408 g/mol. The van der Waals surface area contributed by atoms with Gasteiger partial charge in [0.2, 0.25) is 0 Å². The first-order chi connectivity index (χ1) is 13.3. The number of fused-ring (bicyclic) bond motifs is 2. The summed E-state index contributed by atoms with van der Waals surface area (Å²) in [4.78, 5) is 7.15. The summed E-state index contributed by atoms with van der Waals surface area (Å²) in [5.41, 5.74) is -4.38. The Kier molecular flexibility index (Phi) is 4.41. The highest BCUT2D eigenvalue weighted by molar-refractivity contribution is 5.76. The molecule has 0 aromatic carbocycles. The molecule has 0 radical (unpaired) electrons. The molecule has 2 aromatic rings. The van der Waals surface area contributed by atoms with Crippen LogP contribution in [0, 0.1) is 5.92 Å². The monoisotopic (exact) mass is 425 g/mol. The average Bonchev–Trinajstić information content (AvgIpc) is 3.22. The van der Waals surface area contributed by atoms with Gasteiger partial charge in [-0.3, -0.25) is 0 Å². The second-order valence-corrected chi connectivity index (χ2v) is 7.69. The number of halogens is 6. The number of ether oxygens (including phenoxy) is 2. The Morgan fingerprint density at radius 1 is 1.14 bits per heavy atom. The lowest BCUT2D eigenvalue weighted by molar-refractivity contribution is -0.161. The predicted molar refractivity (Wildman–Crippen MR) is 85.6 cm³/mol. The zero-order chi connectivity index (χ0) is 21.4. The molecule has 2 aromatic heterocycles. The summed E-state index contributed by atoms with van der Waals surface area (Å²) in [6.45, 7) is 3.02. The first-order valence-electron chi connectivity index (χ1n) is 8.80. The third-order valence-corrected chi connectivity index (χ3v) is 5.27. The van der Waals surface area contributed by atoms with E-state index in [0.717, 1.165) is 10.9 Å². The minimum absolute atomic E-state index is 0.0358. The van der Waals surface area contributed by atoms with Gasteiger partial charge in [-0.15, -0.1) is 0 Å². The number of aliphatic hydroxyl groups excluding tert-OH is 1. The van der Waals surface area contributed by atoms with E-state index in [0.29, 0.717) is 0 Å². The standard InChI is InChI=1S/C17H17F6N3O3/c1-15(2)28-12-7(5-27)3-9(13(12)29-15)26-6-24-11-8(16(18,19)20)4-10(17(21,22)23)25-14(11)26/h4,6-7,9,12-13,27H,3,5H2,1-2H3/t7-,9-,12-,13+/m1/s1. The number of imidazole rings is 1. The van der Waals surface area contributed by atoms with E-state index in [-0.39, 0.29) is 19.1 Å². The van der Waals surface area contributed by atoms with Crippen molar-refractivity contribution >= 4 is 11.2 Å². The molecule has 29 heavy (non-hydrogen) atoms. The summed E-state index contributed by atoms with van der Waals surface area (Å²) in [5.74, 6) is -1.39. The van der Waals surface area contributed by atoms with Crippen molar-refractivity contribution in [1.82, 2.24) is 14.5 Å². The molecule has 160 valence electrons. The van der Waals surface area contributed by atoms with Gasteiger partial charge in [-0.25, -0.2) is 9.97 Å². The fraction of sp³-hybridized carbons (Fsp3) is 0.647. The Morgan fingerprint density at radius 3 is 2.38 bits per heavy atom. The first-order valence-corrected chi connectivity index (χ1v) is 8.80. The van der Waals surface area contributed by atoms with Crippen LogP contribution in [-0.2, 0) is 21.8 Å². The van der Waals surface area contributed by atoms with Crippen LogP contribution in [0.5, 0.6) is 0 Å². The number of hydrogen-bond donors (Lipinski definition) is 1. The Balaban J connectivity index is 1.87. The number of hydrogen-bond acceptors (Lipinski definition) is 5. The number of nitrogens with zero attached hydrogens (tertiary/aromatic N) is 3. The van der Waals surface area contributed by atoms with Gasteiger partial charge < -0.3 is 19.1 Å². The Bertz CT molecular complexity index is 939. The lowest BCUT2D eigenvalue weighted by Gasteiger charge is -2.24. The molecule has 0 spiro atoms. The summed E-state index contributed by atoms with van der Waals surface area (Å²) in [7, 11) is 0. The maximum Gasteiger partial charge on any atom is 0.433 e. The van der Waals surface area contributed by atoms with Crippen molar-refractivity contribution in [3.63, 3.8) is 0 Å². The molecule has 1 aliphatic heterocycles. The zero-order valence-electron chi connectivity index (χ0n) is 15.3. The Labute approximate surface area is 160 Å². The van der Waals surface area contributed by atoms with Crippen LogP contribution in [0.3, 0.4) is 0 Å². The SMILES string of the molecule is CC1(C)O[C@@H]2[C@@H](CO)C[C@@H](n3cnc4c(C(F)(F)F)cc(C(F)(F)F)nc43)[C@@H]2O1. The highest BCUT2D eigenvalue weighted by atomic mass is 19.4. The van der Waals surface area contributed by atoms with Crippen molar-refractivity contribution in [1.29, 1.82) is 0 Å². The molecule has 2 fully saturated rings. The van der Waals surface area contributed by atoms with Gasteiger partial charge in [-0.2, -0.15) is 26.3 Å². The van der Waals surface area contributed by atoms with Gasteiger partial charge in [0.05, 0.1) is 24.0 Å². The van der Waals surface area contributed by atoms with Crippen molar-refractivity contribution in [2.45, 2.75) is 56.7 Å². The fourth-order valence-corrected chi connectivity index (χ4v) is 4.12. The van der Waals surface area contributed by atoms with Crippen LogP contribution < -0.4 is 0 Å². The molecule has 12 heteroatoms. The third kappa shape index (κ3) is 3.36. The lowest BCUT2D eigenvalue weighted by Crippen LogP contribution is -2.27. The number of aromatic nitrogens is 3. The van der Waals surface area contributed by atoms with Crippen LogP contribution in [0.1, 0.15) is 37.6 Å². The molecule has 0 amide bonds. The van der Waals surface area contributed by atoms with Crippen LogP contribution in [0.15, 0.2) is 12.4 Å². The number of aliphatic hydroxyl groups is 1. The predicted octanol–water partition coefficient (Wildman–Crippen LogP) is 3.54. The Morgan fingerprint density at radius 2 is 1.79 bits per heavy atom. The second-order valence-electron chi connectivity index (χ2n) is 7.69. The van der Waals surface area contributed by atoms with Gasteiger partial charge in [0.15, 0.2) is 11.4 Å². The van der Waals surface area contributed by atoms with Crippen LogP contribution >= 0.6 is 0 Å². The van der Waals surface area contributed by atoms with E-state index in [1.165, 1.54) is 0 Å². The normalized spacial score (nSPS) is 29.6. The molecule has 2 aliphatic rings. The second kappa shape index (κ2) is 6.29. The summed E-state index contributed by atoms with van der Waals surface area (Å²) in [5, 5.41) is 9.64. The van der Waals surface area contributed by atoms with Crippen molar-refractivity contribution in [2.75, 3.05) is 6.61 Å². The lowest BCUT2D eigenvalue weighted by atomic mass is 10.1. The van der Waals surface area contributed by atoms with Gasteiger partial charge in [0.1, 0.15) is 17.3 Å². The first kappa shape index (κ1) is 20.4. The van der Waals surface area contributed by atoms with Crippen LogP contribution in [0.4, 0.5) is 26.3 Å². The molecule has 1 saturated carbocycles. The molecule has 1 aliphatic carbocycles. The van der Waals surface area contributed by atoms with Gasteiger partial charge in [0, 0.05) is 12.5 Å². The van der Waals surface area contributed by atoms with Crippen LogP contribution in [0.25, 0.3) is 11.2 Å². The summed E-state index contributed by atoms with van der Waals surface area (Å²) in [6, 6.07) is -0.729. The van der Waals surface area contributed by atoms with Gasteiger partial charge in [-0.05, 0) is 26.3 Å². The van der Waals surface area contributed by atoms with Gasteiger partial charge in [-0.1, -0.05) is 0 Å². The molecule has 1 saturated heterocycles. The molecule has 1 N–H and O–H groups in total. The van der Waals surface area contributed by atoms with E-state index in [2.05, 4.69) is 9.97 Å². The summed E-state index contributed by atoms with van der Waals surface area (Å²) in [6.07, 6.45) is -10.1.